The van der Waals surface area contributed by atoms with Gasteiger partial charge in [-0.15, -0.1) is 0 Å². The van der Waals surface area contributed by atoms with Gasteiger partial charge in [-0.1, -0.05) is 0 Å². The molecule has 0 unspecified atom stereocenters. The lowest BCUT2D eigenvalue weighted by atomic mass is 10.3. The summed E-state index contributed by atoms with van der Waals surface area (Å²) in [7, 11) is 0. The summed E-state index contributed by atoms with van der Waals surface area (Å²) in [6.07, 6.45) is -3.53. The number of nitrogens with zero attached hydrogens (tertiary/aromatic N) is 8. The highest BCUT2D eigenvalue weighted by Gasteiger charge is 2.33. The number of anilines is 2. The SMILES string of the molecule is Cc1cc(C)n(-c2cc(N3CCN(c4cc(C(F)(F)F)ncn4)CC3)nc(C)n2)n1. The lowest BCUT2D eigenvalue weighted by Gasteiger charge is -2.36. The van der Waals surface area contributed by atoms with Crippen LogP contribution in [0.2, 0.25) is 0 Å². The van der Waals surface area contributed by atoms with Crippen LogP contribution in [0, 0.1) is 20.8 Å². The van der Waals surface area contributed by atoms with Crippen molar-refractivity contribution >= 4 is 11.6 Å². The first kappa shape index (κ1) is 20.0. The van der Waals surface area contributed by atoms with E-state index >= 15 is 0 Å². The van der Waals surface area contributed by atoms with Crippen LogP contribution in [-0.4, -0.2) is 55.9 Å². The summed E-state index contributed by atoms with van der Waals surface area (Å²) in [5.74, 6) is 2.36. The van der Waals surface area contributed by atoms with Crippen LogP contribution in [-0.2, 0) is 6.18 Å². The first-order valence-electron chi connectivity index (χ1n) is 9.49. The van der Waals surface area contributed by atoms with Gasteiger partial charge in [0.15, 0.2) is 5.82 Å². The van der Waals surface area contributed by atoms with Gasteiger partial charge in [-0.05, 0) is 26.8 Å². The van der Waals surface area contributed by atoms with E-state index in [1.165, 1.54) is 0 Å². The second-order valence-electron chi connectivity index (χ2n) is 7.20. The predicted octanol–water partition coefficient (Wildman–Crippen LogP) is 2.72. The molecule has 30 heavy (non-hydrogen) atoms. The number of rotatable bonds is 3. The van der Waals surface area contributed by atoms with Gasteiger partial charge in [0.2, 0.25) is 0 Å². The smallest absolute Gasteiger partial charge is 0.353 e. The summed E-state index contributed by atoms with van der Waals surface area (Å²) >= 11 is 0. The van der Waals surface area contributed by atoms with E-state index in [0.29, 0.717) is 37.8 Å². The monoisotopic (exact) mass is 418 g/mol. The van der Waals surface area contributed by atoms with Crippen molar-refractivity contribution in [3.63, 3.8) is 0 Å². The zero-order valence-electron chi connectivity index (χ0n) is 16.8. The van der Waals surface area contributed by atoms with Gasteiger partial charge in [0.25, 0.3) is 0 Å². The Kier molecular flexibility index (Phi) is 5.04. The van der Waals surface area contributed by atoms with Crippen LogP contribution >= 0.6 is 0 Å². The fourth-order valence-corrected chi connectivity index (χ4v) is 3.51. The molecule has 0 radical (unpaired) electrons. The van der Waals surface area contributed by atoms with E-state index < -0.39 is 11.9 Å². The van der Waals surface area contributed by atoms with Crippen LogP contribution in [0.4, 0.5) is 24.8 Å². The summed E-state index contributed by atoms with van der Waals surface area (Å²) in [6.45, 7) is 7.95. The summed E-state index contributed by atoms with van der Waals surface area (Å²) < 4.78 is 40.6. The molecule has 158 valence electrons. The van der Waals surface area contributed by atoms with E-state index in [2.05, 4.69) is 29.9 Å². The van der Waals surface area contributed by atoms with Crippen molar-refractivity contribution in [2.45, 2.75) is 26.9 Å². The minimum atomic E-state index is -4.49. The summed E-state index contributed by atoms with van der Waals surface area (Å²) in [5, 5.41) is 4.48. The number of halogens is 3. The van der Waals surface area contributed by atoms with E-state index in [0.717, 1.165) is 29.6 Å². The molecule has 0 saturated carbocycles. The highest BCUT2D eigenvalue weighted by Crippen LogP contribution is 2.29. The average Bonchev–Trinajstić information content (AvgIpc) is 3.05. The van der Waals surface area contributed by atoms with E-state index in [1.807, 2.05) is 37.8 Å². The molecule has 0 bridgehead atoms. The molecular formula is C19H21F3N8. The minimum Gasteiger partial charge on any atom is -0.353 e. The molecule has 1 fully saturated rings. The quantitative estimate of drug-likeness (QED) is 0.647. The van der Waals surface area contributed by atoms with Crippen molar-refractivity contribution < 1.29 is 13.2 Å². The molecule has 3 aromatic rings. The number of aromatic nitrogens is 6. The maximum absolute atomic E-state index is 12.9. The largest absolute Gasteiger partial charge is 0.433 e. The Morgan fingerprint density at radius 2 is 1.43 bits per heavy atom. The van der Waals surface area contributed by atoms with Crippen LogP contribution in [0.15, 0.2) is 24.5 Å². The molecule has 0 atom stereocenters. The second kappa shape index (κ2) is 7.54. The molecule has 0 spiro atoms. The van der Waals surface area contributed by atoms with Gasteiger partial charge in [0.05, 0.1) is 5.69 Å². The molecule has 3 aromatic heterocycles. The normalized spacial score (nSPS) is 15.0. The number of aryl methyl sites for hydroxylation is 3. The second-order valence-corrected chi connectivity index (χ2v) is 7.20. The average molecular weight is 418 g/mol. The molecule has 8 nitrogen and oxygen atoms in total. The minimum absolute atomic E-state index is 0.277. The van der Waals surface area contributed by atoms with Gasteiger partial charge in [0.1, 0.15) is 29.5 Å². The first-order valence-corrected chi connectivity index (χ1v) is 9.49. The molecule has 0 aromatic carbocycles. The van der Waals surface area contributed by atoms with Crippen LogP contribution in [0.25, 0.3) is 5.82 Å². The molecule has 4 heterocycles. The first-order chi connectivity index (χ1) is 14.2. The highest BCUT2D eigenvalue weighted by molar-refractivity contribution is 5.48. The molecule has 0 aliphatic carbocycles. The van der Waals surface area contributed by atoms with Crippen molar-refractivity contribution in [3.05, 3.63) is 47.4 Å². The van der Waals surface area contributed by atoms with Gasteiger partial charge >= 0.3 is 6.18 Å². The third kappa shape index (κ3) is 4.05. The Morgan fingerprint density at radius 1 is 0.800 bits per heavy atom. The molecular weight excluding hydrogens is 397 g/mol. The van der Waals surface area contributed by atoms with Gasteiger partial charge in [-0.2, -0.15) is 18.3 Å². The standard InChI is InChI=1S/C19H21F3N8/c1-12-8-13(2)30(27-12)18-10-17(25-14(3)26-18)29-6-4-28(5-7-29)16-9-15(19(20,21)22)23-11-24-16/h8-11H,4-7H2,1-3H3. The Morgan fingerprint density at radius 3 is 2.03 bits per heavy atom. The van der Waals surface area contributed by atoms with Crippen LogP contribution < -0.4 is 9.80 Å². The third-order valence-corrected chi connectivity index (χ3v) is 4.91. The number of hydrogen-bond donors (Lipinski definition) is 0. The van der Waals surface area contributed by atoms with Gasteiger partial charge in [0, 0.05) is 44.0 Å². The maximum atomic E-state index is 12.9. The fraction of sp³-hybridized carbons (Fsp3) is 0.421. The maximum Gasteiger partial charge on any atom is 0.433 e. The van der Waals surface area contributed by atoms with Crippen molar-refractivity contribution in [2.24, 2.45) is 0 Å². The zero-order chi connectivity index (χ0) is 21.5. The third-order valence-electron chi connectivity index (χ3n) is 4.91. The van der Waals surface area contributed by atoms with Gasteiger partial charge in [-0.25, -0.2) is 24.6 Å². The van der Waals surface area contributed by atoms with E-state index in [4.69, 9.17) is 0 Å². The Labute approximate surface area is 171 Å². The predicted molar refractivity (Wildman–Crippen MR) is 105 cm³/mol. The molecule has 0 N–H and O–H groups in total. The van der Waals surface area contributed by atoms with E-state index in [1.54, 1.807) is 4.68 Å². The molecule has 11 heteroatoms. The van der Waals surface area contributed by atoms with Crippen LogP contribution in [0.5, 0.6) is 0 Å². The zero-order valence-corrected chi connectivity index (χ0v) is 16.8. The van der Waals surface area contributed by atoms with Crippen molar-refractivity contribution in [1.29, 1.82) is 0 Å². The molecule has 0 amide bonds. The molecule has 1 saturated heterocycles. The Bertz CT molecular complexity index is 1050. The van der Waals surface area contributed by atoms with E-state index in [-0.39, 0.29) is 5.82 Å². The number of hydrogen-bond acceptors (Lipinski definition) is 7. The molecule has 1 aliphatic rings. The highest BCUT2D eigenvalue weighted by atomic mass is 19.4. The topological polar surface area (TPSA) is 75.9 Å². The fourth-order valence-electron chi connectivity index (χ4n) is 3.51. The number of piperazine rings is 1. The lowest BCUT2D eigenvalue weighted by molar-refractivity contribution is -0.141. The summed E-state index contributed by atoms with van der Waals surface area (Å²) in [5.41, 5.74) is 0.948. The molecule has 4 rings (SSSR count). The van der Waals surface area contributed by atoms with Crippen molar-refractivity contribution in [3.8, 4) is 5.82 Å². The van der Waals surface area contributed by atoms with Gasteiger partial charge in [-0.3, -0.25) is 0 Å². The Balaban J connectivity index is 1.52. The Hall–Kier alpha value is -3.24. The van der Waals surface area contributed by atoms with Crippen molar-refractivity contribution in [2.75, 3.05) is 36.0 Å². The molecule has 1 aliphatic heterocycles. The van der Waals surface area contributed by atoms with Crippen molar-refractivity contribution in [1.82, 2.24) is 29.7 Å². The number of alkyl halides is 3. The summed E-state index contributed by atoms with van der Waals surface area (Å²) in [6, 6.07) is 4.85. The summed E-state index contributed by atoms with van der Waals surface area (Å²) in [4.78, 5) is 20.3. The van der Waals surface area contributed by atoms with E-state index in [9.17, 15) is 13.2 Å². The van der Waals surface area contributed by atoms with Crippen LogP contribution in [0.3, 0.4) is 0 Å². The van der Waals surface area contributed by atoms with Gasteiger partial charge < -0.3 is 9.80 Å². The lowest BCUT2D eigenvalue weighted by Crippen LogP contribution is -2.47. The van der Waals surface area contributed by atoms with Crippen LogP contribution in [0.1, 0.15) is 22.9 Å².